The zero-order chi connectivity index (χ0) is 6.85. The van der Waals surface area contributed by atoms with Gasteiger partial charge in [-0.2, -0.15) is 0 Å². The number of aliphatic carboxylic acids is 1. The molecule has 1 aliphatic rings. The Labute approximate surface area is 66.2 Å². The predicted octanol–water partition coefficient (Wildman–Crippen LogP) is 0.491. The minimum absolute atomic E-state index is 0. The summed E-state index contributed by atoms with van der Waals surface area (Å²) >= 11 is 0. The molecule has 0 bridgehead atoms. The van der Waals surface area contributed by atoms with E-state index >= 15 is 0 Å². The Balaban J connectivity index is 0.000000810. The monoisotopic (exact) mass is 165 g/mol. The van der Waals surface area contributed by atoms with Crippen LogP contribution >= 0.6 is 12.4 Å². The van der Waals surface area contributed by atoms with Crippen LogP contribution in [0.1, 0.15) is 13.3 Å². The highest BCUT2D eigenvalue weighted by Gasteiger charge is 2.25. The molecule has 0 aromatic rings. The molecule has 2 N–H and O–H groups in total. The van der Waals surface area contributed by atoms with Crippen molar-refractivity contribution in [1.29, 1.82) is 0 Å². The van der Waals surface area contributed by atoms with Gasteiger partial charge in [-0.3, -0.25) is 4.79 Å². The minimum Gasteiger partial charge on any atom is -0.480 e. The van der Waals surface area contributed by atoms with Crippen molar-refractivity contribution in [3.8, 4) is 0 Å². The van der Waals surface area contributed by atoms with E-state index in [0.717, 1.165) is 13.0 Å². The van der Waals surface area contributed by atoms with Crippen LogP contribution in [-0.2, 0) is 4.79 Å². The van der Waals surface area contributed by atoms with Crippen molar-refractivity contribution in [3.63, 3.8) is 0 Å². The van der Waals surface area contributed by atoms with Gasteiger partial charge >= 0.3 is 5.97 Å². The van der Waals surface area contributed by atoms with E-state index in [-0.39, 0.29) is 18.4 Å². The topological polar surface area (TPSA) is 49.3 Å². The lowest BCUT2D eigenvalue weighted by atomic mass is 10.1. The first-order chi connectivity index (χ1) is 4.20. The van der Waals surface area contributed by atoms with Crippen LogP contribution in [0.25, 0.3) is 0 Å². The summed E-state index contributed by atoms with van der Waals surface area (Å²) in [5.41, 5.74) is 0. The lowest BCUT2D eigenvalue weighted by Crippen LogP contribution is -2.29. The molecule has 60 valence electrons. The van der Waals surface area contributed by atoms with Gasteiger partial charge in [-0.05, 0) is 18.9 Å². The largest absolute Gasteiger partial charge is 0.480 e. The number of hydrogen-bond donors (Lipinski definition) is 2. The van der Waals surface area contributed by atoms with Gasteiger partial charge in [-0.1, -0.05) is 6.92 Å². The first-order valence-electron chi connectivity index (χ1n) is 3.16. The molecule has 0 aromatic carbocycles. The van der Waals surface area contributed by atoms with Crippen LogP contribution in [0.4, 0.5) is 0 Å². The molecule has 1 fully saturated rings. The zero-order valence-electron chi connectivity index (χ0n) is 5.83. The van der Waals surface area contributed by atoms with E-state index in [1.807, 2.05) is 0 Å². The third-order valence-corrected chi connectivity index (χ3v) is 1.65. The lowest BCUT2D eigenvalue weighted by Gasteiger charge is -2.00. The number of rotatable bonds is 1. The Hall–Kier alpha value is -0.280. The van der Waals surface area contributed by atoms with Crippen molar-refractivity contribution in [2.75, 3.05) is 6.54 Å². The molecule has 0 spiro atoms. The summed E-state index contributed by atoms with van der Waals surface area (Å²) in [6.07, 6.45) is 0.773. The fourth-order valence-corrected chi connectivity index (χ4v) is 1.10. The van der Waals surface area contributed by atoms with E-state index in [1.54, 1.807) is 0 Å². The normalized spacial score (nSPS) is 31.3. The first-order valence-corrected chi connectivity index (χ1v) is 3.16. The number of carbonyl (C=O) groups is 1. The zero-order valence-corrected chi connectivity index (χ0v) is 6.65. The second-order valence-electron chi connectivity index (χ2n) is 2.64. The standard InChI is InChI=1S/C6H11NO2.ClH/c1-4-2-5(6(8)9)7-3-4;/h4-5,7H,2-3H2,1H3,(H,8,9);1H/t4-,5-;/m0./s1. The maximum atomic E-state index is 10.3. The van der Waals surface area contributed by atoms with E-state index in [9.17, 15) is 4.79 Å². The third-order valence-electron chi connectivity index (χ3n) is 1.65. The molecular formula is C6H12ClNO2. The maximum absolute atomic E-state index is 10.3. The summed E-state index contributed by atoms with van der Waals surface area (Å²) in [5.74, 6) is -0.203. The SMILES string of the molecule is C[C@@H]1CN[C@H](C(=O)O)C1.Cl. The number of nitrogens with one attached hydrogen (secondary N) is 1. The van der Waals surface area contributed by atoms with E-state index in [2.05, 4.69) is 12.2 Å². The van der Waals surface area contributed by atoms with Gasteiger partial charge in [-0.25, -0.2) is 0 Å². The van der Waals surface area contributed by atoms with Crippen LogP contribution in [-0.4, -0.2) is 23.7 Å². The molecule has 1 rings (SSSR count). The second-order valence-corrected chi connectivity index (χ2v) is 2.64. The number of carboxylic acid groups (broad SMARTS) is 1. The highest BCUT2D eigenvalue weighted by molar-refractivity contribution is 5.85. The molecule has 0 saturated carbocycles. The Bertz CT molecular complexity index is 129. The summed E-state index contributed by atoms with van der Waals surface area (Å²) in [6, 6.07) is -0.292. The van der Waals surface area contributed by atoms with Crippen LogP contribution in [0.15, 0.2) is 0 Å². The van der Waals surface area contributed by atoms with Crippen molar-refractivity contribution >= 4 is 18.4 Å². The van der Waals surface area contributed by atoms with Gasteiger partial charge in [0.25, 0.3) is 0 Å². The first kappa shape index (κ1) is 9.72. The van der Waals surface area contributed by atoms with Crippen LogP contribution in [0.5, 0.6) is 0 Å². The Morgan fingerprint density at radius 2 is 2.30 bits per heavy atom. The van der Waals surface area contributed by atoms with Crippen molar-refractivity contribution in [1.82, 2.24) is 5.32 Å². The predicted molar refractivity (Wildman–Crippen MR) is 40.5 cm³/mol. The fraction of sp³-hybridized carbons (Fsp3) is 0.833. The summed E-state index contributed by atoms with van der Waals surface area (Å²) < 4.78 is 0. The van der Waals surface area contributed by atoms with Gasteiger partial charge in [0.2, 0.25) is 0 Å². The maximum Gasteiger partial charge on any atom is 0.320 e. The summed E-state index contributed by atoms with van der Waals surface area (Å²) in [6.45, 7) is 2.90. The van der Waals surface area contributed by atoms with Crippen molar-refractivity contribution in [2.45, 2.75) is 19.4 Å². The van der Waals surface area contributed by atoms with E-state index in [1.165, 1.54) is 0 Å². The highest BCUT2D eigenvalue weighted by Crippen LogP contribution is 2.11. The van der Waals surface area contributed by atoms with Gasteiger partial charge in [0.1, 0.15) is 6.04 Å². The molecule has 0 aromatic heterocycles. The molecule has 1 saturated heterocycles. The molecule has 3 nitrogen and oxygen atoms in total. The molecular weight excluding hydrogens is 154 g/mol. The van der Waals surface area contributed by atoms with Crippen LogP contribution in [0.2, 0.25) is 0 Å². The molecule has 2 atom stereocenters. The molecule has 10 heavy (non-hydrogen) atoms. The molecule has 0 unspecified atom stereocenters. The van der Waals surface area contributed by atoms with Gasteiger partial charge in [0.15, 0.2) is 0 Å². The average molecular weight is 166 g/mol. The van der Waals surface area contributed by atoms with E-state index in [4.69, 9.17) is 5.11 Å². The molecule has 1 heterocycles. The Kier molecular flexibility index (Phi) is 3.68. The molecule has 0 amide bonds. The van der Waals surface area contributed by atoms with Crippen molar-refractivity contribution in [3.05, 3.63) is 0 Å². The lowest BCUT2D eigenvalue weighted by molar-refractivity contribution is -0.139. The van der Waals surface area contributed by atoms with Crippen molar-refractivity contribution in [2.24, 2.45) is 5.92 Å². The molecule has 1 aliphatic heterocycles. The molecule has 0 radical (unpaired) electrons. The smallest absolute Gasteiger partial charge is 0.320 e. The number of halogens is 1. The van der Waals surface area contributed by atoms with Gasteiger partial charge in [0, 0.05) is 0 Å². The summed E-state index contributed by atoms with van der Waals surface area (Å²) in [4.78, 5) is 10.3. The van der Waals surface area contributed by atoms with Gasteiger partial charge in [0.05, 0.1) is 0 Å². The van der Waals surface area contributed by atoms with Crippen molar-refractivity contribution < 1.29 is 9.90 Å². The number of hydrogen-bond acceptors (Lipinski definition) is 2. The Morgan fingerprint density at radius 1 is 1.70 bits per heavy atom. The molecule has 4 heteroatoms. The summed E-state index contributed by atoms with van der Waals surface area (Å²) in [5, 5.41) is 11.4. The highest BCUT2D eigenvalue weighted by atomic mass is 35.5. The van der Waals surface area contributed by atoms with E-state index < -0.39 is 5.97 Å². The Morgan fingerprint density at radius 3 is 2.50 bits per heavy atom. The van der Waals surface area contributed by atoms with Gasteiger partial charge in [-0.15, -0.1) is 12.4 Å². The third kappa shape index (κ3) is 2.15. The van der Waals surface area contributed by atoms with Crippen LogP contribution < -0.4 is 5.32 Å². The number of carboxylic acids is 1. The fourth-order valence-electron chi connectivity index (χ4n) is 1.10. The average Bonchev–Trinajstić information content (AvgIpc) is 2.14. The van der Waals surface area contributed by atoms with E-state index in [0.29, 0.717) is 5.92 Å². The molecule has 0 aliphatic carbocycles. The second kappa shape index (κ2) is 3.78. The van der Waals surface area contributed by atoms with Gasteiger partial charge < -0.3 is 10.4 Å². The minimum atomic E-state index is -0.723. The van der Waals surface area contributed by atoms with Crippen LogP contribution in [0, 0.1) is 5.92 Å². The summed E-state index contributed by atoms with van der Waals surface area (Å²) in [7, 11) is 0. The van der Waals surface area contributed by atoms with Crippen LogP contribution in [0.3, 0.4) is 0 Å². The quantitative estimate of drug-likeness (QED) is 0.595.